The summed E-state index contributed by atoms with van der Waals surface area (Å²) in [7, 11) is 1.88. The van der Waals surface area contributed by atoms with Crippen LogP contribution in [0.3, 0.4) is 0 Å². The number of morpholine rings is 1. The molecule has 2 saturated heterocycles. The van der Waals surface area contributed by atoms with Crippen molar-refractivity contribution in [2.24, 2.45) is 10.4 Å². The van der Waals surface area contributed by atoms with Gasteiger partial charge >= 0.3 is 0 Å². The molecule has 24 heavy (non-hydrogen) atoms. The number of halogens is 1. The Labute approximate surface area is 165 Å². The number of guanidine groups is 1. The Hall–Kier alpha value is -0.0800. The van der Waals surface area contributed by atoms with Gasteiger partial charge in [0.05, 0.1) is 12.2 Å². The van der Waals surface area contributed by atoms with Crippen LogP contribution in [0.15, 0.2) is 4.99 Å². The van der Waals surface area contributed by atoms with E-state index in [2.05, 4.69) is 61.7 Å². The number of nitrogens with one attached hydrogen (secondary N) is 1. The molecule has 0 aliphatic carbocycles. The van der Waals surface area contributed by atoms with Crippen LogP contribution in [0.2, 0.25) is 0 Å². The molecule has 2 aliphatic rings. The van der Waals surface area contributed by atoms with Gasteiger partial charge in [0.1, 0.15) is 0 Å². The normalized spacial score (nSPS) is 29.6. The lowest BCUT2D eigenvalue weighted by Gasteiger charge is -2.62. The topological polar surface area (TPSA) is 40.1 Å². The van der Waals surface area contributed by atoms with Gasteiger partial charge < -0.3 is 15.0 Å². The maximum absolute atomic E-state index is 5.79. The summed E-state index contributed by atoms with van der Waals surface area (Å²) in [6, 6.07) is 0. The molecule has 6 heteroatoms. The molecule has 0 amide bonds. The Morgan fingerprint density at radius 2 is 1.75 bits per heavy atom. The largest absolute Gasteiger partial charge is 0.373 e. The van der Waals surface area contributed by atoms with Crippen LogP contribution >= 0.6 is 24.0 Å². The minimum atomic E-state index is 0. The molecule has 2 unspecified atom stereocenters. The van der Waals surface area contributed by atoms with Gasteiger partial charge in [0.25, 0.3) is 0 Å². The van der Waals surface area contributed by atoms with E-state index in [9.17, 15) is 0 Å². The van der Waals surface area contributed by atoms with E-state index in [1.54, 1.807) is 0 Å². The Bertz CT molecular complexity index is 429. The Kier molecular flexibility index (Phi) is 7.81. The predicted octanol–water partition coefficient (Wildman–Crippen LogP) is 2.80. The van der Waals surface area contributed by atoms with E-state index in [1.807, 2.05) is 7.05 Å². The number of hydrogen-bond donors (Lipinski definition) is 1. The molecule has 0 bridgehead atoms. The molecule has 2 rings (SSSR count). The van der Waals surface area contributed by atoms with Crippen molar-refractivity contribution in [1.29, 1.82) is 0 Å². The number of nitrogens with zero attached hydrogens (tertiary/aromatic N) is 3. The van der Waals surface area contributed by atoms with Gasteiger partial charge in [-0.3, -0.25) is 9.89 Å². The second-order valence-electron chi connectivity index (χ2n) is 8.37. The number of ether oxygens (including phenoxy) is 1. The summed E-state index contributed by atoms with van der Waals surface area (Å²) in [4.78, 5) is 9.39. The van der Waals surface area contributed by atoms with Crippen molar-refractivity contribution in [3.05, 3.63) is 0 Å². The lowest BCUT2D eigenvalue weighted by Crippen LogP contribution is -2.72. The highest BCUT2D eigenvalue weighted by molar-refractivity contribution is 14.0. The van der Waals surface area contributed by atoms with Crippen molar-refractivity contribution in [3.8, 4) is 0 Å². The van der Waals surface area contributed by atoms with Crippen molar-refractivity contribution in [2.75, 3.05) is 39.8 Å². The minimum absolute atomic E-state index is 0. The van der Waals surface area contributed by atoms with E-state index in [0.29, 0.717) is 17.6 Å². The van der Waals surface area contributed by atoms with Gasteiger partial charge in [0, 0.05) is 50.7 Å². The van der Waals surface area contributed by atoms with E-state index in [1.165, 1.54) is 0 Å². The predicted molar refractivity (Wildman–Crippen MR) is 112 cm³/mol. The highest BCUT2D eigenvalue weighted by Gasteiger charge is 2.53. The first-order valence-corrected chi connectivity index (χ1v) is 9.03. The molecule has 0 aromatic heterocycles. The van der Waals surface area contributed by atoms with Gasteiger partial charge in [-0.05, 0) is 34.1 Å². The third kappa shape index (κ3) is 4.75. The Morgan fingerprint density at radius 1 is 1.17 bits per heavy atom. The van der Waals surface area contributed by atoms with E-state index in [4.69, 9.17) is 4.74 Å². The van der Waals surface area contributed by atoms with Crippen LogP contribution in [0.25, 0.3) is 0 Å². The molecule has 0 saturated carbocycles. The van der Waals surface area contributed by atoms with Gasteiger partial charge in [0.15, 0.2) is 5.96 Å². The quantitative estimate of drug-likeness (QED) is 0.308. The molecule has 2 heterocycles. The van der Waals surface area contributed by atoms with Crippen LogP contribution in [0.4, 0.5) is 0 Å². The summed E-state index contributed by atoms with van der Waals surface area (Å²) in [5, 5.41) is 3.54. The maximum Gasteiger partial charge on any atom is 0.194 e. The van der Waals surface area contributed by atoms with E-state index in [-0.39, 0.29) is 29.5 Å². The highest BCUT2D eigenvalue weighted by Crippen LogP contribution is 2.46. The highest BCUT2D eigenvalue weighted by atomic mass is 127. The van der Waals surface area contributed by atoms with Crippen LogP contribution in [0.1, 0.15) is 48.0 Å². The smallest absolute Gasteiger partial charge is 0.194 e. The molecule has 0 aromatic carbocycles. The van der Waals surface area contributed by atoms with Crippen LogP contribution in [0.5, 0.6) is 0 Å². The molecule has 0 spiro atoms. The van der Waals surface area contributed by atoms with Crippen molar-refractivity contribution in [3.63, 3.8) is 0 Å². The third-order valence-electron chi connectivity index (χ3n) is 5.78. The zero-order valence-electron chi connectivity index (χ0n) is 16.6. The summed E-state index contributed by atoms with van der Waals surface area (Å²) in [6.07, 6.45) is 1.84. The molecule has 1 N–H and O–H groups in total. The number of hydrogen-bond acceptors (Lipinski definition) is 3. The molecule has 5 nitrogen and oxygen atoms in total. The number of aliphatic imine (C=N–C) groups is 1. The zero-order valence-corrected chi connectivity index (χ0v) is 18.9. The molecule has 2 atom stereocenters. The van der Waals surface area contributed by atoms with Gasteiger partial charge in [-0.15, -0.1) is 24.0 Å². The van der Waals surface area contributed by atoms with Gasteiger partial charge in [-0.2, -0.15) is 0 Å². The van der Waals surface area contributed by atoms with E-state index >= 15 is 0 Å². The van der Waals surface area contributed by atoms with E-state index < -0.39 is 0 Å². The maximum atomic E-state index is 5.79. The lowest BCUT2D eigenvalue weighted by molar-refractivity contribution is -0.0689. The first-order chi connectivity index (χ1) is 10.7. The summed E-state index contributed by atoms with van der Waals surface area (Å²) < 4.78 is 5.79. The van der Waals surface area contributed by atoms with Crippen molar-refractivity contribution < 1.29 is 4.74 Å². The fourth-order valence-corrected chi connectivity index (χ4v) is 3.67. The van der Waals surface area contributed by atoms with Crippen molar-refractivity contribution in [2.45, 2.75) is 65.7 Å². The zero-order chi connectivity index (χ0) is 17.3. The average Bonchev–Trinajstić information content (AvgIpc) is 2.44. The summed E-state index contributed by atoms with van der Waals surface area (Å²) in [6.45, 7) is 18.9. The fraction of sp³-hybridized carbons (Fsp3) is 0.944. The molecule has 0 radical (unpaired) electrons. The second kappa shape index (κ2) is 8.54. The average molecular weight is 452 g/mol. The second-order valence-corrected chi connectivity index (χ2v) is 8.37. The monoisotopic (exact) mass is 452 g/mol. The first-order valence-electron chi connectivity index (χ1n) is 9.03. The molecular weight excluding hydrogens is 415 g/mol. The summed E-state index contributed by atoms with van der Waals surface area (Å²) >= 11 is 0. The Morgan fingerprint density at radius 3 is 2.21 bits per heavy atom. The van der Waals surface area contributed by atoms with Crippen LogP contribution in [-0.4, -0.2) is 73.3 Å². The summed E-state index contributed by atoms with van der Waals surface area (Å²) in [5.41, 5.74) is 0.495. The Balaban J connectivity index is 0.00000288. The fourth-order valence-electron chi connectivity index (χ4n) is 3.67. The SMILES string of the molecule is CN=C(NCCCN1CC(C)OC(C)C1)N1CC(C)(C)C1(C)C.I. The molecule has 0 aromatic rings. The molecule has 2 fully saturated rings. The number of likely N-dealkylation sites (tertiary alicyclic amines) is 1. The molecule has 2 aliphatic heterocycles. The third-order valence-corrected chi connectivity index (χ3v) is 5.78. The van der Waals surface area contributed by atoms with Crippen LogP contribution in [-0.2, 0) is 4.74 Å². The van der Waals surface area contributed by atoms with Crippen molar-refractivity contribution in [1.82, 2.24) is 15.1 Å². The summed E-state index contributed by atoms with van der Waals surface area (Å²) in [5.74, 6) is 1.04. The van der Waals surface area contributed by atoms with Crippen molar-refractivity contribution >= 4 is 29.9 Å². The van der Waals surface area contributed by atoms with Gasteiger partial charge in [-0.25, -0.2) is 0 Å². The standard InChI is InChI=1S/C18H36N4O.HI/c1-14-11-21(12-15(2)23-14)10-8-9-20-16(19-7)22-13-17(3,4)18(22,5)6;/h14-15H,8-13H2,1-7H3,(H,19,20);1H. The van der Waals surface area contributed by atoms with Gasteiger partial charge in [-0.1, -0.05) is 13.8 Å². The molecular formula is C18H37IN4O. The minimum Gasteiger partial charge on any atom is -0.373 e. The van der Waals surface area contributed by atoms with Crippen LogP contribution < -0.4 is 5.32 Å². The first kappa shape index (κ1) is 22.0. The van der Waals surface area contributed by atoms with Gasteiger partial charge in [0.2, 0.25) is 0 Å². The van der Waals surface area contributed by atoms with Crippen LogP contribution in [0, 0.1) is 5.41 Å². The van der Waals surface area contributed by atoms with E-state index in [0.717, 1.165) is 45.1 Å². The number of rotatable bonds is 4. The lowest BCUT2D eigenvalue weighted by atomic mass is 9.65. The molecule has 142 valence electrons.